The van der Waals surface area contributed by atoms with E-state index >= 15 is 0 Å². The molecule has 0 amide bonds. The molecule has 2 N–H and O–H groups in total. The van der Waals surface area contributed by atoms with Crippen molar-refractivity contribution < 1.29 is 27.7 Å². The minimum atomic E-state index is -5.02. The number of carbonyl (C=O) groups excluding carboxylic acids is 1. The fraction of sp³-hybridized carbons (Fsp3) is 0.0909. The first-order valence-electron chi connectivity index (χ1n) is 4.92. The summed E-state index contributed by atoms with van der Waals surface area (Å²) >= 11 is 0. The van der Waals surface area contributed by atoms with Crippen LogP contribution in [-0.2, 0) is 4.79 Å². The topological polar surface area (TPSA) is 56.2 Å². The van der Waals surface area contributed by atoms with E-state index in [1.165, 1.54) is 6.20 Å². The quantitative estimate of drug-likeness (QED) is 0.836. The van der Waals surface area contributed by atoms with Gasteiger partial charge in [0.2, 0.25) is 0 Å². The van der Waals surface area contributed by atoms with Crippen molar-refractivity contribution in [1.29, 1.82) is 0 Å². The molecule has 1 heterocycles. The van der Waals surface area contributed by atoms with Crippen molar-refractivity contribution in [2.75, 3.05) is 0 Å². The van der Waals surface area contributed by atoms with Gasteiger partial charge in [-0.2, -0.15) is 13.2 Å². The Balaban J connectivity index is 2.15. The summed E-state index contributed by atoms with van der Waals surface area (Å²) in [6, 6.07) is 8.51. The fourth-order valence-corrected chi connectivity index (χ4v) is 1.31. The number of alkyl halides is 3. The third kappa shape index (κ3) is 2.68. The first-order chi connectivity index (χ1) is 8.47. The Hall–Kier alpha value is -2.31. The van der Waals surface area contributed by atoms with E-state index in [0.29, 0.717) is 5.69 Å². The average molecular weight is 257 g/mol. The van der Waals surface area contributed by atoms with Crippen molar-refractivity contribution in [3.63, 3.8) is 0 Å². The molecule has 0 radical (unpaired) electrons. The van der Waals surface area contributed by atoms with E-state index in [1.54, 1.807) is 30.3 Å². The maximum absolute atomic E-state index is 12.0. The molecule has 4 nitrogen and oxygen atoms in total. The molecule has 1 aromatic heterocycles. The van der Waals surface area contributed by atoms with Crippen molar-refractivity contribution >= 4 is 5.97 Å². The molecular formula is C11H8F3N2O2+. The molecule has 0 fully saturated rings. The maximum Gasteiger partial charge on any atom is 0.491 e. The second-order valence-electron chi connectivity index (χ2n) is 3.41. The molecular weight excluding hydrogens is 249 g/mol. The van der Waals surface area contributed by atoms with Gasteiger partial charge in [-0.05, 0) is 0 Å². The Morgan fingerprint density at radius 3 is 2.50 bits per heavy atom. The molecule has 2 aromatic rings. The first-order valence-corrected chi connectivity index (χ1v) is 4.92. The van der Waals surface area contributed by atoms with E-state index in [0.717, 1.165) is 5.56 Å². The van der Waals surface area contributed by atoms with E-state index in [1.807, 2.05) is 0 Å². The van der Waals surface area contributed by atoms with Crippen LogP contribution >= 0.6 is 0 Å². The highest BCUT2D eigenvalue weighted by Gasteiger charge is 2.42. The first kappa shape index (κ1) is 12.2. The zero-order chi connectivity index (χ0) is 13.2. The Bertz CT molecular complexity index is 549. The lowest BCUT2D eigenvalue weighted by atomic mass is 10.2. The predicted octanol–water partition coefficient (Wildman–Crippen LogP) is 1.96. The van der Waals surface area contributed by atoms with Crippen LogP contribution in [0, 0.1) is 0 Å². The number of H-pyrrole nitrogens is 2. The Labute approximate surface area is 99.4 Å². The van der Waals surface area contributed by atoms with Gasteiger partial charge in [0, 0.05) is 5.56 Å². The summed E-state index contributed by atoms with van der Waals surface area (Å²) in [6.07, 6.45) is -3.61. The summed E-state index contributed by atoms with van der Waals surface area (Å²) in [5.41, 5.74) is 1.27. The van der Waals surface area contributed by atoms with Crippen LogP contribution in [0.3, 0.4) is 0 Å². The minimum absolute atomic E-state index is 0.365. The van der Waals surface area contributed by atoms with Crippen LogP contribution in [0.4, 0.5) is 13.2 Å². The average Bonchev–Trinajstić information content (AvgIpc) is 2.77. The van der Waals surface area contributed by atoms with Crippen LogP contribution in [0.1, 0.15) is 0 Å². The van der Waals surface area contributed by atoms with Crippen molar-refractivity contribution in [1.82, 2.24) is 4.98 Å². The number of esters is 1. The van der Waals surface area contributed by atoms with Gasteiger partial charge in [0.1, 0.15) is 6.20 Å². The number of hydrogen-bond donors (Lipinski definition) is 1. The number of ether oxygens (including phenoxy) is 1. The highest BCUT2D eigenvalue weighted by molar-refractivity contribution is 5.77. The number of nitrogens with one attached hydrogen (secondary N) is 2. The van der Waals surface area contributed by atoms with Crippen LogP contribution in [-0.4, -0.2) is 17.1 Å². The number of carbonyl (C=O) groups is 1. The summed E-state index contributed by atoms with van der Waals surface area (Å²) in [7, 11) is 0. The Kier molecular flexibility index (Phi) is 3.05. The SMILES string of the molecule is O=C(Oc1[nH]c(-c2ccccc2)c[nH+]1)C(F)(F)F. The van der Waals surface area contributed by atoms with Gasteiger partial charge in [-0.1, -0.05) is 30.3 Å². The summed E-state index contributed by atoms with van der Waals surface area (Å²) < 4.78 is 40.0. The third-order valence-corrected chi connectivity index (χ3v) is 2.11. The van der Waals surface area contributed by atoms with Crippen LogP contribution in [0.25, 0.3) is 11.3 Å². The van der Waals surface area contributed by atoms with E-state index in [9.17, 15) is 18.0 Å². The molecule has 0 aliphatic carbocycles. The normalized spacial score (nSPS) is 11.3. The number of benzene rings is 1. The van der Waals surface area contributed by atoms with Gasteiger partial charge >= 0.3 is 18.2 Å². The van der Waals surface area contributed by atoms with Gasteiger partial charge in [0.15, 0.2) is 5.69 Å². The lowest BCUT2D eigenvalue weighted by Gasteiger charge is -2.00. The number of aromatic nitrogens is 2. The maximum atomic E-state index is 12.0. The van der Waals surface area contributed by atoms with E-state index in [4.69, 9.17) is 0 Å². The zero-order valence-corrected chi connectivity index (χ0v) is 8.91. The number of halogens is 3. The van der Waals surface area contributed by atoms with Gasteiger partial charge in [0.05, 0.1) is 0 Å². The second kappa shape index (κ2) is 4.52. The molecule has 0 saturated heterocycles. The van der Waals surface area contributed by atoms with Crippen molar-refractivity contribution in [2.45, 2.75) is 6.18 Å². The van der Waals surface area contributed by atoms with Gasteiger partial charge < -0.3 is 4.74 Å². The smallest absolute Gasteiger partial charge is 0.350 e. The highest BCUT2D eigenvalue weighted by Crippen LogP contribution is 2.19. The Morgan fingerprint density at radius 1 is 1.22 bits per heavy atom. The molecule has 0 spiro atoms. The lowest BCUT2D eigenvalue weighted by molar-refractivity contribution is -0.390. The summed E-state index contributed by atoms with van der Waals surface area (Å²) in [5.74, 6) is -2.28. The molecule has 18 heavy (non-hydrogen) atoms. The summed E-state index contributed by atoms with van der Waals surface area (Å²) in [4.78, 5) is 15.5. The summed E-state index contributed by atoms with van der Waals surface area (Å²) in [6.45, 7) is 0. The van der Waals surface area contributed by atoms with Crippen LogP contribution < -0.4 is 9.72 Å². The molecule has 0 atom stereocenters. The molecule has 0 unspecified atom stereocenters. The standard InChI is InChI=1S/C11H7F3N2O2/c12-11(13,14)9(17)18-10-15-6-8(16-10)7-4-2-1-3-5-7/h1-6H,(H,15,16)/p+1. The third-order valence-electron chi connectivity index (χ3n) is 2.11. The fourth-order valence-electron chi connectivity index (χ4n) is 1.31. The zero-order valence-electron chi connectivity index (χ0n) is 8.91. The molecule has 0 bridgehead atoms. The minimum Gasteiger partial charge on any atom is -0.350 e. The van der Waals surface area contributed by atoms with Crippen LogP contribution in [0.5, 0.6) is 6.01 Å². The van der Waals surface area contributed by atoms with E-state index in [2.05, 4.69) is 14.7 Å². The van der Waals surface area contributed by atoms with Gasteiger partial charge in [-0.25, -0.2) is 14.8 Å². The Morgan fingerprint density at radius 2 is 1.89 bits per heavy atom. The number of imidazole rings is 1. The molecule has 94 valence electrons. The lowest BCUT2D eigenvalue weighted by Crippen LogP contribution is -2.29. The molecule has 7 heteroatoms. The van der Waals surface area contributed by atoms with Gasteiger partial charge in [-0.15, -0.1) is 0 Å². The molecule has 1 aromatic carbocycles. The number of hydrogen-bond acceptors (Lipinski definition) is 2. The molecule has 2 rings (SSSR count). The van der Waals surface area contributed by atoms with Gasteiger partial charge in [0.25, 0.3) is 0 Å². The second-order valence-corrected chi connectivity index (χ2v) is 3.41. The molecule has 0 aliphatic rings. The van der Waals surface area contributed by atoms with Crippen LogP contribution in [0.15, 0.2) is 36.5 Å². The largest absolute Gasteiger partial charge is 0.491 e. The van der Waals surface area contributed by atoms with Crippen molar-refractivity contribution in [2.24, 2.45) is 0 Å². The van der Waals surface area contributed by atoms with E-state index < -0.39 is 12.1 Å². The van der Waals surface area contributed by atoms with E-state index in [-0.39, 0.29) is 6.01 Å². The predicted molar refractivity (Wildman–Crippen MR) is 54.5 cm³/mol. The molecule has 0 saturated carbocycles. The van der Waals surface area contributed by atoms with Crippen molar-refractivity contribution in [3.05, 3.63) is 36.5 Å². The summed E-state index contributed by atoms with van der Waals surface area (Å²) in [5, 5.41) is 0. The number of aromatic amines is 2. The van der Waals surface area contributed by atoms with Crippen LogP contribution in [0.2, 0.25) is 0 Å². The van der Waals surface area contributed by atoms with Gasteiger partial charge in [-0.3, -0.25) is 0 Å². The van der Waals surface area contributed by atoms with Crippen molar-refractivity contribution in [3.8, 4) is 17.3 Å². The molecule has 0 aliphatic heterocycles. The highest BCUT2D eigenvalue weighted by atomic mass is 19.4. The monoisotopic (exact) mass is 257 g/mol. The number of rotatable bonds is 2.